The zero-order chi connectivity index (χ0) is 19.3. The number of hydrogen-bond acceptors (Lipinski definition) is 3. The zero-order valence-corrected chi connectivity index (χ0v) is 16.6. The summed E-state index contributed by atoms with van der Waals surface area (Å²) in [6.07, 6.45) is 7.14. The number of aryl methyl sites for hydroxylation is 2. The van der Waals surface area contributed by atoms with Crippen molar-refractivity contribution in [3.05, 3.63) is 54.5 Å². The Morgan fingerprint density at radius 2 is 2.21 bits per heavy atom. The van der Waals surface area contributed by atoms with Gasteiger partial charge in [0, 0.05) is 57.2 Å². The van der Waals surface area contributed by atoms with Crippen LogP contribution in [0.2, 0.25) is 0 Å². The van der Waals surface area contributed by atoms with Crippen molar-refractivity contribution in [2.24, 2.45) is 12.0 Å². The summed E-state index contributed by atoms with van der Waals surface area (Å²) in [5.74, 6) is 0.939. The number of ether oxygens (including phenoxy) is 1. The molecule has 1 fully saturated rings. The predicted octanol–water partition coefficient (Wildman–Crippen LogP) is 2.41. The van der Waals surface area contributed by atoms with Crippen molar-refractivity contribution in [3.8, 4) is 0 Å². The van der Waals surface area contributed by atoms with Crippen LogP contribution >= 0.6 is 0 Å². The van der Waals surface area contributed by atoms with Gasteiger partial charge >= 0.3 is 0 Å². The number of rotatable bonds is 5. The van der Waals surface area contributed by atoms with Gasteiger partial charge in [0.2, 0.25) is 0 Å². The molecule has 7 nitrogen and oxygen atoms in total. The van der Waals surface area contributed by atoms with Gasteiger partial charge < -0.3 is 19.5 Å². The highest BCUT2D eigenvalue weighted by molar-refractivity contribution is 5.80. The van der Waals surface area contributed by atoms with Crippen LogP contribution in [0.15, 0.2) is 53.9 Å². The minimum atomic E-state index is 0.0345. The summed E-state index contributed by atoms with van der Waals surface area (Å²) in [4.78, 5) is 6.75. The minimum absolute atomic E-state index is 0.0345. The summed E-state index contributed by atoms with van der Waals surface area (Å²) < 4.78 is 10.1. The molecule has 0 bridgehead atoms. The first-order valence-corrected chi connectivity index (χ1v) is 9.84. The van der Waals surface area contributed by atoms with Crippen LogP contribution in [0.4, 0.5) is 0 Å². The van der Waals surface area contributed by atoms with Crippen LogP contribution < -0.4 is 5.32 Å². The Bertz CT molecular complexity index is 943. The largest absolute Gasteiger partial charge is 0.370 e. The maximum atomic E-state index is 5.94. The molecule has 148 valence electrons. The second-order valence-corrected chi connectivity index (χ2v) is 7.15. The number of para-hydroxylation sites is 1. The molecule has 1 aliphatic heterocycles. The number of benzene rings is 1. The zero-order valence-electron chi connectivity index (χ0n) is 16.6. The molecule has 2 aromatic heterocycles. The molecule has 1 unspecified atom stereocenters. The summed E-state index contributed by atoms with van der Waals surface area (Å²) in [6, 6.07) is 10.7. The molecule has 3 heterocycles. The molecule has 1 aromatic carbocycles. The van der Waals surface area contributed by atoms with Crippen molar-refractivity contribution in [3.63, 3.8) is 0 Å². The molecular formula is C21H28N6O. The van der Waals surface area contributed by atoms with E-state index in [-0.39, 0.29) is 6.10 Å². The summed E-state index contributed by atoms with van der Waals surface area (Å²) >= 11 is 0. The van der Waals surface area contributed by atoms with Crippen LogP contribution in [0.1, 0.15) is 18.1 Å². The van der Waals surface area contributed by atoms with E-state index < -0.39 is 0 Å². The topological polar surface area (TPSA) is 59.6 Å². The number of guanidine groups is 1. The van der Waals surface area contributed by atoms with Crippen molar-refractivity contribution in [1.82, 2.24) is 24.6 Å². The van der Waals surface area contributed by atoms with Gasteiger partial charge in [-0.1, -0.05) is 18.2 Å². The van der Waals surface area contributed by atoms with E-state index in [0.29, 0.717) is 6.61 Å². The monoisotopic (exact) mass is 380 g/mol. The first-order chi connectivity index (χ1) is 13.7. The molecule has 4 rings (SSSR count). The van der Waals surface area contributed by atoms with Gasteiger partial charge in [-0.25, -0.2) is 0 Å². The third-order valence-corrected chi connectivity index (χ3v) is 5.21. The Labute approximate surface area is 165 Å². The molecule has 0 spiro atoms. The maximum absolute atomic E-state index is 5.94. The number of aliphatic imine (C=N–C) groups is 1. The van der Waals surface area contributed by atoms with Crippen LogP contribution in [-0.2, 0) is 18.3 Å². The van der Waals surface area contributed by atoms with E-state index in [4.69, 9.17) is 4.74 Å². The van der Waals surface area contributed by atoms with Crippen molar-refractivity contribution in [1.29, 1.82) is 0 Å². The molecular weight excluding hydrogens is 352 g/mol. The highest BCUT2D eigenvalue weighted by Crippen LogP contribution is 2.21. The van der Waals surface area contributed by atoms with Gasteiger partial charge in [-0.15, -0.1) is 0 Å². The lowest BCUT2D eigenvalue weighted by Crippen LogP contribution is -2.48. The van der Waals surface area contributed by atoms with E-state index in [1.54, 1.807) is 0 Å². The molecule has 28 heavy (non-hydrogen) atoms. The minimum Gasteiger partial charge on any atom is -0.370 e. The number of aromatic nitrogens is 3. The lowest BCUT2D eigenvalue weighted by molar-refractivity contribution is -0.00802. The van der Waals surface area contributed by atoms with Crippen molar-refractivity contribution in [2.45, 2.75) is 19.1 Å². The Kier molecular flexibility index (Phi) is 5.62. The second kappa shape index (κ2) is 8.48. The number of hydrogen-bond donors (Lipinski definition) is 1. The van der Waals surface area contributed by atoms with Gasteiger partial charge in [0.05, 0.1) is 19.3 Å². The molecule has 0 radical (unpaired) electrons. The molecule has 0 saturated carbocycles. The Balaban J connectivity index is 1.29. The van der Waals surface area contributed by atoms with Gasteiger partial charge in [-0.3, -0.25) is 9.67 Å². The molecule has 0 amide bonds. The van der Waals surface area contributed by atoms with Gasteiger partial charge in [-0.05, 0) is 23.9 Å². The van der Waals surface area contributed by atoms with Crippen molar-refractivity contribution >= 4 is 16.9 Å². The Morgan fingerprint density at radius 1 is 1.32 bits per heavy atom. The lowest BCUT2D eigenvalue weighted by atomic mass is 10.1. The van der Waals surface area contributed by atoms with Crippen LogP contribution in [0.25, 0.3) is 10.9 Å². The molecule has 1 atom stereocenters. The van der Waals surface area contributed by atoms with Crippen molar-refractivity contribution in [2.75, 3.05) is 33.3 Å². The van der Waals surface area contributed by atoms with Gasteiger partial charge in [-0.2, -0.15) is 5.10 Å². The molecule has 1 aliphatic rings. The summed E-state index contributed by atoms with van der Waals surface area (Å²) in [7, 11) is 3.77. The van der Waals surface area contributed by atoms with Crippen molar-refractivity contribution < 1.29 is 4.74 Å². The lowest BCUT2D eigenvalue weighted by Gasteiger charge is -2.34. The van der Waals surface area contributed by atoms with E-state index in [1.807, 2.05) is 31.2 Å². The number of morpholine rings is 1. The highest BCUT2D eigenvalue weighted by atomic mass is 16.5. The fourth-order valence-electron chi connectivity index (χ4n) is 3.77. The van der Waals surface area contributed by atoms with E-state index in [9.17, 15) is 0 Å². The Morgan fingerprint density at radius 3 is 3.04 bits per heavy atom. The highest BCUT2D eigenvalue weighted by Gasteiger charge is 2.24. The number of fused-ring (bicyclic) bond motifs is 1. The molecule has 3 aromatic rings. The van der Waals surface area contributed by atoms with Gasteiger partial charge in [0.25, 0.3) is 0 Å². The molecule has 1 saturated heterocycles. The predicted molar refractivity (Wildman–Crippen MR) is 111 cm³/mol. The van der Waals surface area contributed by atoms with Crippen LogP contribution in [-0.4, -0.2) is 58.5 Å². The maximum Gasteiger partial charge on any atom is 0.193 e. The standard InChI is InChI=1S/C21H28N6O/c1-22-21(27-12-13-28-20(16-27)18-14-24-25(2)15-18)23-9-5-10-26-11-8-17-6-3-4-7-19(17)26/h3-4,6-8,11,14-15,20H,5,9-10,12-13,16H2,1-2H3,(H,22,23). The van der Waals surface area contributed by atoms with Gasteiger partial charge in [0.1, 0.15) is 6.10 Å². The fraction of sp³-hybridized carbons (Fsp3) is 0.429. The summed E-state index contributed by atoms with van der Waals surface area (Å²) in [5, 5.41) is 9.06. The normalized spacial score (nSPS) is 18.0. The second-order valence-electron chi connectivity index (χ2n) is 7.15. The molecule has 0 aliphatic carbocycles. The van der Waals surface area contributed by atoms with E-state index in [1.165, 1.54) is 10.9 Å². The molecule has 7 heteroatoms. The average molecular weight is 380 g/mol. The number of nitrogens with one attached hydrogen (secondary N) is 1. The SMILES string of the molecule is CN=C(NCCCn1ccc2ccccc21)N1CCOC(c2cnn(C)c2)C1. The first-order valence-electron chi connectivity index (χ1n) is 9.84. The Hall–Kier alpha value is -2.80. The fourth-order valence-corrected chi connectivity index (χ4v) is 3.77. The third kappa shape index (κ3) is 4.04. The smallest absolute Gasteiger partial charge is 0.193 e. The van der Waals surface area contributed by atoms with E-state index in [2.05, 4.69) is 61.4 Å². The quantitative estimate of drug-likeness (QED) is 0.420. The van der Waals surface area contributed by atoms with Crippen LogP contribution in [0.3, 0.4) is 0 Å². The summed E-state index contributed by atoms with van der Waals surface area (Å²) in [5.41, 5.74) is 2.40. The van der Waals surface area contributed by atoms with Crippen LogP contribution in [0.5, 0.6) is 0 Å². The summed E-state index contributed by atoms with van der Waals surface area (Å²) in [6.45, 7) is 4.19. The average Bonchev–Trinajstić information content (AvgIpc) is 3.35. The third-order valence-electron chi connectivity index (χ3n) is 5.21. The van der Waals surface area contributed by atoms with E-state index >= 15 is 0 Å². The number of nitrogens with zero attached hydrogens (tertiary/aromatic N) is 5. The van der Waals surface area contributed by atoms with Gasteiger partial charge in [0.15, 0.2) is 5.96 Å². The van der Waals surface area contributed by atoms with E-state index in [0.717, 1.165) is 44.1 Å². The van der Waals surface area contributed by atoms with Crippen LogP contribution in [0, 0.1) is 0 Å². The first kappa shape index (κ1) is 18.6. The molecule has 1 N–H and O–H groups in total.